The number of hydrogen-bond acceptors (Lipinski definition) is 3. The first-order valence-corrected chi connectivity index (χ1v) is 10.6. The number of hydrogen-bond donors (Lipinski definition) is 0. The minimum absolute atomic E-state index is 0.146. The van der Waals surface area contributed by atoms with Crippen molar-refractivity contribution in [2.75, 3.05) is 19.8 Å². The average Bonchev–Trinajstić information content (AvgIpc) is 2.81. The SMILES string of the molecule is C=CCOC1COC(c2ccc3c(F)c(CCc4cc(F)c(Cl)c(F)c4)ccc3c2)OC1. The van der Waals surface area contributed by atoms with Crippen molar-refractivity contribution in [1.82, 2.24) is 0 Å². The third kappa shape index (κ3) is 4.99. The maximum Gasteiger partial charge on any atom is 0.184 e. The normalized spacial score (nSPS) is 18.8. The number of aryl methyl sites for hydroxylation is 2. The van der Waals surface area contributed by atoms with Crippen LogP contribution in [0.15, 0.2) is 55.1 Å². The van der Waals surface area contributed by atoms with Gasteiger partial charge in [-0.3, -0.25) is 0 Å². The van der Waals surface area contributed by atoms with E-state index in [4.69, 9.17) is 25.8 Å². The first-order chi connectivity index (χ1) is 15.5. The molecule has 1 aliphatic rings. The van der Waals surface area contributed by atoms with Crippen LogP contribution in [0.4, 0.5) is 13.2 Å². The van der Waals surface area contributed by atoms with E-state index in [0.29, 0.717) is 48.1 Å². The molecule has 1 aliphatic heterocycles. The molecular weight excluding hydrogens is 441 g/mol. The van der Waals surface area contributed by atoms with Crippen LogP contribution in [-0.2, 0) is 27.1 Å². The van der Waals surface area contributed by atoms with Crippen molar-refractivity contribution in [1.29, 1.82) is 0 Å². The molecule has 1 fully saturated rings. The molecule has 1 saturated heterocycles. The lowest BCUT2D eigenvalue weighted by atomic mass is 9.99. The van der Waals surface area contributed by atoms with E-state index in [1.807, 2.05) is 12.1 Å². The molecular formula is C25H22ClF3O3. The Morgan fingerprint density at radius 1 is 1.00 bits per heavy atom. The van der Waals surface area contributed by atoms with E-state index in [1.165, 1.54) is 12.1 Å². The van der Waals surface area contributed by atoms with Crippen molar-refractivity contribution in [3.63, 3.8) is 0 Å². The summed E-state index contributed by atoms with van der Waals surface area (Å²) in [6, 6.07) is 11.2. The van der Waals surface area contributed by atoms with Crippen LogP contribution in [0, 0.1) is 17.5 Å². The molecule has 0 spiro atoms. The smallest absolute Gasteiger partial charge is 0.184 e. The predicted octanol–water partition coefficient (Wildman–Crippen LogP) is 6.31. The van der Waals surface area contributed by atoms with Gasteiger partial charge in [-0.05, 0) is 47.6 Å². The van der Waals surface area contributed by atoms with Gasteiger partial charge in [0.15, 0.2) is 6.29 Å². The number of fused-ring (bicyclic) bond motifs is 1. The zero-order valence-electron chi connectivity index (χ0n) is 17.3. The summed E-state index contributed by atoms with van der Waals surface area (Å²) in [6.07, 6.45) is 1.56. The largest absolute Gasteiger partial charge is 0.369 e. The topological polar surface area (TPSA) is 27.7 Å². The molecule has 3 aromatic carbocycles. The lowest BCUT2D eigenvalue weighted by Gasteiger charge is -2.29. The van der Waals surface area contributed by atoms with Gasteiger partial charge in [0.2, 0.25) is 0 Å². The fourth-order valence-corrected chi connectivity index (χ4v) is 3.81. The Bertz CT molecular complexity index is 1100. The summed E-state index contributed by atoms with van der Waals surface area (Å²) in [5, 5.41) is 0.638. The van der Waals surface area contributed by atoms with Gasteiger partial charge in [-0.1, -0.05) is 41.9 Å². The van der Waals surface area contributed by atoms with E-state index in [2.05, 4.69) is 6.58 Å². The predicted molar refractivity (Wildman–Crippen MR) is 117 cm³/mol. The van der Waals surface area contributed by atoms with Crippen LogP contribution < -0.4 is 0 Å². The highest BCUT2D eigenvalue weighted by Gasteiger charge is 2.24. The van der Waals surface area contributed by atoms with E-state index in [-0.39, 0.29) is 18.3 Å². The van der Waals surface area contributed by atoms with Gasteiger partial charge in [0.1, 0.15) is 28.6 Å². The van der Waals surface area contributed by atoms with E-state index >= 15 is 4.39 Å². The van der Waals surface area contributed by atoms with Gasteiger partial charge in [0.25, 0.3) is 0 Å². The Balaban J connectivity index is 1.46. The standard InChI is InChI=1S/C25H22ClF3O3/c1-2-9-30-19-13-31-25(32-14-19)18-7-8-20-17(12-18)6-5-16(24(20)29)4-3-15-10-21(27)23(26)22(28)11-15/h2,5-8,10-12,19,25H,1,3-4,9,13-14H2. The van der Waals surface area contributed by atoms with Gasteiger partial charge in [-0.15, -0.1) is 6.58 Å². The quantitative estimate of drug-likeness (QED) is 0.304. The van der Waals surface area contributed by atoms with Crippen LogP contribution in [0.1, 0.15) is 23.0 Å². The second-order valence-electron chi connectivity index (χ2n) is 7.64. The maximum atomic E-state index is 15.1. The Labute approximate surface area is 189 Å². The molecule has 0 N–H and O–H groups in total. The lowest BCUT2D eigenvalue weighted by Crippen LogP contribution is -2.33. The average molecular weight is 463 g/mol. The number of halogens is 4. The first-order valence-electron chi connectivity index (χ1n) is 10.3. The van der Waals surface area contributed by atoms with Crippen molar-refractivity contribution in [3.05, 3.63) is 94.3 Å². The molecule has 0 radical (unpaired) electrons. The van der Waals surface area contributed by atoms with Gasteiger partial charge in [0.05, 0.1) is 19.8 Å². The van der Waals surface area contributed by atoms with E-state index in [1.54, 1.807) is 24.3 Å². The van der Waals surface area contributed by atoms with Crippen molar-refractivity contribution in [3.8, 4) is 0 Å². The van der Waals surface area contributed by atoms with Crippen LogP contribution >= 0.6 is 11.6 Å². The molecule has 32 heavy (non-hydrogen) atoms. The number of benzene rings is 3. The molecule has 0 aliphatic carbocycles. The van der Waals surface area contributed by atoms with Gasteiger partial charge in [-0.25, -0.2) is 13.2 Å². The van der Waals surface area contributed by atoms with Crippen molar-refractivity contribution < 1.29 is 27.4 Å². The van der Waals surface area contributed by atoms with Crippen molar-refractivity contribution in [2.24, 2.45) is 0 Å². The molecule has 7 heteroatoms. The number of rotatable bonds is 7. The van der Waals surface area contributed by atoms with Crippen LogP contribution in [0.5, 0.6) is 0 Å². The summed E-state index contributed by atoms with van der Waals surface area (Å²) >= 11 is 5.52. The van der Waals surface area contributed by atoms with E-state index in [0.717, 1.165) is 5.56 Å². The van der Waals surface area contributed by atoms with Crippen LogP contribution in [-0.4, -0.2) is 25.9 Å². The highest BCUT2D eigenvalue weighted by Crippen LogP contribution is 2.30. The Hall–Kier alpha value is -2.38. The molecule has 168 valence electrons. The molecule has 3 nitrogen and oxygen atoms in total. The van der Waals surface area contributed by atoms with E-state index < -0.39 is 22.9 Å². The summed E-state index contributed by atoms with van der Waals surface area (Å²) < 4.78 is 59.4. The maximum absolute atomic E-state index is 15.1. The zero-order chi connectivity index (χ0) is 22.7. The summed E-state index contributed by atoms with van der Waals surface area (Å²) in [4.78, 5) is 0. The van der Waals surface area contributed by atoms with Crippen LogP contribution in [0.25, 0.3) is 10.8 Å². The monoisotopic (exact) mass is 462 g/mol. The van der Waals surface area contributed by atoms with Gasteiger partial charge in [-0.2, -0.15) is 0 Å². The van der Waals surface area contributed by atoms with Crippen LogP contribution in [0.2, 0.25) is 5.02 Å². The second kappa shape index (κ2) is 10.0. The molecule has 0 unspecified atom stereocenters. The summed E-state index contributed by atoms with van der Waals surface area (Å²) in [5.41, 5.74) is 1.67. The summed E-state index contributed by atoms with van der Waals surface area (Å²) in [5.74, 6) is -2.00. The first kappa shape index (κ1) is 22.8. The second-order valence-corrected chi connectivity index (χ2v) is 8.01. The fraction of sp³-hybridized carbons (Fsp3) is 0.280. The lowest BCUT2D eigenvalue weighted by molar-refractivity contribution is -0.228. The van der Waals surface area contributed by atoms with Crippen LogP contribution in [0.3, 0.4) is 0 Å². The van der Waals surface area contributed by atoms with Crippen molar-refractivity contribution in [2.45, 2.75) is 25.2 Å². The Kier molecular flexibility index (Phi) is 7.16. The molecule has 0 bridgehead atoms. The highest BCUT2D eigenvalue weighted by molar-refractivity contribution is 6.30. The molecule has 0 saturated carbocycles. The minimum atomic E-state index is -0.820. The van der Waals surface area contributed by atoms with E-state index in [9.17, 15) is 8.78 Å². The van der Waals surface area contributed by atoms with Gasteiger partial charge >= 0.3 is 0 Å². The molecule has 4 rings (SSSR count). The fourth-order valence-electron chi connectivity index (χ4n) is 3.71. The summed E-state index contributed by atoms with van der Waals surface area (Å²) in [7, 11) is 0. The molecule has 0 amide bonds. The molecule has 0 atom stereocenters. The molecule has 0 aromatic heterocycles. The third-order valence-electron chi connectivity index (χ3n) is 5.37. The van der Waals surface area contributed by atoms with Crippen molar-refractivity contribution >= 4 is 22.4 Å². The highest BCUT2D eigenvalue weighted by atomic mass is 35.5. The third-order valence-corrected chi connectivity index (χ3v) is 5.73. The van der Waals surface area contributed by atoms with Gasteiger partial charge < -0.3 is 14.2 Å². The molecule has 3 aromatic rings. The van der Waals surface area contributed by atoms with Gasteiger partial charge in [0, 0.05) is 10.9 Å². The molecule has 1 heterocycles. The minimum Gasteiger partial charge on any atom is -0.369 e. The Morgan fingerprint density at radius 2 is 1.72 bits per heavy atom. The zero-order valence-corrected chi connectivity index (χ0v) is 18.0. The summed E-state index contributed by atoms with van der Waals surface area (Å²) in [6.45, 7) is 4.84. The Morgan fingerprint density at radius 3 is 2.41 bits per heavy atom. The number of ether oxygens (including phenoxy) is 3.